The first kappa shape index (κ1) is 25.0. The number of aromatic nitrogens is 4. The molecule has 1 saturated heterocycles. The number of alkyl halides is 1. The van der Waals surface area contributed by atoms with E-state index in [1.54, 1.807) is 24.6 Å². The number of imidazole rings is 1. The Labute approximate surface area is 215 Å². The van der Waals surface area contributed by atoms with Crippen LogP contribution in [0.1, 0.15) is 34.2 Å². The lowest BCUT2D eigenvalue weighted by Gasteiger charge is -2.42. The Balaban J connectivity index is 1.56. The molecule has 3 aromatic heterocycles. The summed E-state index contributed by atoms with van der Waals surface area (Å²) >= 11 is 0. The van der Waals surface area contributed by atoms with Crippen LogP contribution < -0.4 is 10.9 Å². The number of fused-ring (bicyclic) bond motifs is 3. The molecule has 1 N–H and O–H groups in total. The fourth-order valence-corrected chi connectivity index (χ4v) is 4.65. The van der Waals surface area contributed by atoms with Crippen molar-refractivity contribution in [3.63, 3.8) is 0 Å². The normalized spacial score (nSPS) is 14.4. The van der Waals surface area contributed by atoms with Crippen LogP contribution in [0.25, 0.3) is 22.1 Å². The van der Waals surface area contributed by atoms with Crippen molar-refractivity contribution in [3.05, 3.63) is 69.1 Å². The lowest BCUT2D eigenvalue weighted by molar-refractivity contribution is -0.144. The Morgan fingerprint density at radius 3 is 2.66 bits per heavy atom. The Morgan fingerprint density at radius 2 is 2.00 bits per heavy atom. The molecule has 5 rings (SSSR count). The second-order valence-electron chi connectivity index (χ2n) is 9.67. The molecular formula is C26H23F2N7O3. The molecule has 4 heterocycles. The van der Waals surface area contributed by atoms with Crippen molar-refractivity contribution in [3.8, 4) is 6.07 Å². The summed E-state index contributed by atoms with van der Waals surface area (Å²) in [6, 6.07) is 7.07. The molecule has 1 aliphatic rings. The number of hydrogen-bond donors (Lipinski definition) is 1. The van der Waals surface area contributed by atoms with E-state index in [9.17, 15) is 23.2 Å². The molecule has 2 amide bonds. The quantitative estimate of drug-likeness (QED) is 0.431. The van der Waals surface area contributed by atoms with E-state index in [1.807, 2.05) is 0 Å². The molecule has 1 fully saturated rings. The first-order valence-corrected chi connectivity index (χ1v) is 11.8. The minimum Gasteiger partial charge on any atom is -0.348 e. The maximum atomic E-state index is 14.0. The molecule has 10 nitrogen and oxygen atoms in total. The number of nitrogens with one attached hydrogen (secondary N) is 1. The van der Waals surface area contributed by atoms with Gasteiger partial charge in [-0.25, -0.2) is 18.7 Å². The van der Waals surface area contributed by atoms with Crippen LogP contribution in [0.3, 0.4) is 0 Å². The predicted octanol–water partition coefficient (Wildman–Crippen LogP) is 2.10. The van der Waals surface area contributed by atoms with E-state index in [0.29, 0.717) is 27.8 Å². The molecule has 12 heteroatoms. The van der Waals surface area contributed by atoms with Crippen LogP contribution in [-0.4, -0.2) is 54.6 Å². The van der Waals surface area contributed by atoms with E-state index in [1.165, 1.54) is 36.2 Å². The van der Waals surface area contributed by atoms with Gasteiger partial charge in [0.15, 0.2) is 0 Å². The molecule has 38 heavy (non-hydrogen) atoms. The Hall–Kier alpha value is -4.66. The van der Waals surface area contributed by atoms with E-state index < -0.39 is 35.4 Å². The van der Waals surface area contributed by atoms with Crippen molar-refractivity contribution in [2.75, 3.05) is 13.1 Å². The second-order valence-corrected chi connectivity index (χ2v) is 9.67. The summed E-state index contributed by atoms with van der Waals surface area (Å²) in [5, 5.41) is 11.9. The van der Waals surface area contributed by atoms with Crippen LogP contribution in [0.15, 0.2) is 35.3 Å². The van der Waals surface area contributed by atoms with Gasteiger partial charge in [-0.3, -0.25) is 19.0 Å². The van der Waals surface area contributed by atoms with E-state index >= 15 is 0 Å². The van der Waals surface area contributed by atoms with Gasteiger partial charge in [0.1, 0.15) is 46.7 Å². The number of carbonyl (C=O) groups excluding carboxylic acids is 2. The van der Waals surface area contributed by atoms with Gasteiger partial charge in [0.25, 0.3) is 11.5 Å². The summed E-state index contributed by atoms with van der Waals surface area (Å²) < 4.78 is 30.9. The summed E-state index contributed by atoms with van der Waals surface area (Å²) in [5.41, 5.74) is -0.846. The predicted molar refractivity (Wildman–Crippen MR) is 133 cm³/mol. The van der Waals surface area contributed by atoms with E-state index in [4.69, 9.17) is 5.26 Å². The maximum absolute atomic E-state index is 14.0. The van der Waals surface area contributed by atoms with Gasteiger partial charge in [-0.2, -0.15) is 5.26 Å². The molecule has 0 bridgehead atoms. The van der Waals surface area contributed by atoms with Crippen molar-refractivity contribution in [2.45, 2.75) is 32.6 Å². The monoisotopic (exact) mass is 519 g/mol. The van der Waals surface area contributed by atoms with E-state index in [0.717, 1.165) is 10.6 Å². The minimum atomic E-state index is -1.48. The molecule has 194 valence electrons. The number of nitriles is 1. The number of likely N-dealkylation sites (tertiary alicyclic amines) is 1. The number of pyridine rings is 2. The fourth-order valence-electron chi connectivity index (χ4n) is 4.65. The number of halogens is 2. The first-order chi connectivity index (χ1) is 18.0. The highest BCUT2D eigenvalue weighted by Gasteiger charge is 2.41. The van der Waals surface area contributed by atoms with Crippen molar-refractivity contribution in [1.82, 2.24) is 29.3 Å². The highest BCUT2D eigenvalue weighted by molar-refractivity contribution is 6.05. The van der Waals surface area contributed by atoms with Gasteiger partial charge in [-0.05, 0) is 37.6 Å². The lowest BCUT2D eigenvalue weighted by Crippen LogP contribution is -2.60. The number of hydrogen-bond acceptors (Lipinski definition) is 6. The summed E-state index contributed by atoms with van der Waals surface area (Å²) in [5.74, 6) is -1.25. The summed E-state index contributed by atoms with van der Waals surface area (Å²) in [6.45, 7) is 2.49. The van der Waals surface area contributed by atoms with Crippen molar-refractivity contribution in [2.24, 2.45) is 7.05 Å². The van der Waals surface area contributed by atoms with Gasteiger partial charge in [0.2, 0.25) is 5.91 Å². The Morgan fingerprint density at radius 1 is 1.26 bits per heavy atom. The number of nitrogens with zero attached hydrogens (tertiary/aromatic N) is 6. The molecule has 1 aromatic carbocycles. The average molecular weight is 520 g/mol. The minimum absolute atomic E-state index is 0.0849. The van der Waals surface area contributed by atoms with Gasteiger partial charge < -0.3 is 14.8 Å². The third kappa shape index (κ3) is 4.26. The zero-order valence-electron chi connectivity index (χ0n) is 20.9. The molecule has 0 spiro atoms. The zero-order valence-corrected chi connectivity index (χ0v) is 20.9. The van der Waals surface area contributed by atoms with Crippen LogP contribution in [0, 0.1) is 24.1 Å². The third-order valence-corrected chi connectivity index (χ3v) is 6.71. The van der Waals surface area contributed by atoms with E-state index in [-0.39, 0.29) is 36.4 Å². The summed E-state index contributed by atoms with van der Waals surface area (Å²) in [7, 11) is 1.78. The zero-order chi connectivity index (χ0) is 27.4. The number of carbonyl (C=O) groups is 2. The molecule has 0 saturated carbocycles. The van der Waals surface area contributed by atoms with Gasteiger partial charge in [-0.15, -0.1) is 0 Å². The smallest absolute Gasteiger partial charge is 0.265 e. The van der Waals surface area contributed by atoms with Crippen molar-refractivity contribution >= 4 is 33.9 Å². The van der Waals surface area contributed by atoms with Gasteiger partial charge in [-0.1, -0.05) is 6.07 Å². The molecular weight excluding hydrogens is 496 g/mol. The second kappa shape index (κ2) is 9.02. The highest BCUT2D eigenvalue weighted by Crippen LogP contribution is 2.26. The molecule has 1 aliphatic heterocycles. The van der Waals surface area contributed by atoms with Crippen molar-refractivity contribution < 1.29 is 18.4 Å². The van der Waals surface area contributed by atoms with Gasteiger partial charge in [0, 0.05) is 19.0 Å². The van der Waals surface area contributed by atoms with Crippen LogP contribution in [-0.2, 0) is 24.9 Å². The fraction of sp³-hybridized carbons (Fsp3) is 0.308. The topological polar surface area (TPSA) is 126 Å². The van der Waals surface area contributed by atoms with Crippen LogP contribution >= 0.6 is 0 Å². The van der Waals surface area contributed by atoms with Crippen LogP contribution in [0.2, 0.25) is 0 Å². The summed E-state index contributed by atoms with van der Waals surface area (Å²) in [6.07, 6.45) is 1.49. The lowest BCUT2D eigenvalue weighted by atomic mass is 9.99. The largest absolute Gasteiger partial charge is 0.348 e. The Bertz CT molecular complexity index is 1740. The molecule has 0 unspecified atom stereocenters. The van der Waals surface area contributed by atoms with Gasteiger partial charge in [0.05, 0.1) is 30.4 Å². The molecule has 0 aliphatic carbocycles. The molecule has 0 atom stereocenters. The summed E-state index contributed by atoms with van der Waals surface area (Å²) in [4.78, 5) is 49.7. The van der Waals surface area contributed by atoms with E-state index in [2.05, 4.69) is 15.3 Å². The number of benzene rings is 1. The third-order valence-electron chi connectivity index (χ3n) is 6.71. The standard InChI is InChI=1S/C26H23F2N7O3/c1-14-32-20-10-30-23-17(22(20)33(14)3)7-18(24(37)31-9-15-4-5-16(8-29)19(27)6-15)25(38)35(23)11-21(36)34-12-26(2,28)13-34/h4-7,10H,9,11-13H2,1-3H3,(H,31,37). The van der Waals surface area contributed by atoms with Gasteiger partial charge >= 0.3 is 0 Å². The highest BCUT2D eigenvalue weighted by atomic mass is 19.1. The van der Waals surface area contributed by atoms with Crippen LogP contribution in [0.5, 0.6) is 0 Å². The number of aryl methyl sites for hydroxylation is 2. The molecule has 0 radical (unpaired) electrons. The van der Waals surface area contributed by atoms with Crippen molar-refractivity contribution in [1.29, 1.82) is 5.26 Å². The first-order valence-electron chi connectivity index (χ1n) is 11.8. The Kier molecular flexibility index (Phi) is 5.94. The number of rotatable bonds is 5. The van der Waals surface area contributed by atoms with Crippen LogP contribution in [0.4, 0.5) is 8.78 Å². The maximum Gasteiger partial charge on any atom is 0.265 e. The molecule has 4 aromatic rings. The number of amides is 2. The average Bonchev–Trinajstić information content (AvgIpc) is 3.15. The SMILES string of the molecule is Cc1nc2cnc3c(cc(C(=O)NCc4ccc(C#N)c(F)c4)c(=O)n3CC(=O)N3CC(C)(F)C3)c2n1C.